The molecule has 1 aromatic heterocycles. The molecule has 1 atom stereocenters. The molecule has 0 unspecified atom stereocenters. The van der Waals surface area contributed by atoms with Crippen molar-refractivity contribution in [1.29, 1.82) is 0 Å². The zero-order valence-corrected chi connectivity index (χ0v) is 7.63. The van der Waals surface area contributed by atoms with Crippen molar-refractivity contribution in [2.24, 2.45) is 0 Å². The van der Waals surface area contributed by atoms with Crippen LogP contribution >= 0.6 is 0 Å². The topological polar surface area (TPSA) is 25.2 Å². The Bertz CT molecular complexity index is 252. The lowest BCUT2D eigenvalue weighted by atomic mass is 10.2. The summed E-state index contributed by atoms with van der Waals surface area (Å²) in [6, 6.07) is 4.23. The number of furan rings is 1. The van der Waals surface area contributed by atoms with Crippen LogP contribution in [0.15, 0.2) is 29.2 Å². The van der Waals surface area contributed by atoms with Gasteiger partial charge in [0.25, 0.3) is 0 Å². The third-order valence-electron chi connectivity index (χ3n) is 1.76. The standard InChI is InChI=1S/C10H15NO/c1-4-7-11-9(3)10-6-5-8(2)12-10/h4-6,9,11H,1,7H2,2-3H3/t9-/m1/s1. The number of nitrogens with one attached hydrogen (secondary N) is 1. The Balaban J connectivity index is 2.52. The summed E-state index contributed by atoms with van der Waals surface area (Å²) < 4.78 is 5.45. The van der Waals surface area contributed by atoms with Gasteiger partial charge < -0.3 is 9.73 Å². The van der Waals surface area contributed by atoms with E-state index in [1.54, 1.807) is 0 Å². The second kappa shape index (κ2) is 4.12. The molecule has 0 fully saturated rings. The maximum atomic E-state index is 5.45. The molecule has 1 aromatic rings. The van der Waals surface area contributed by atoms with Gasteiger partial charge in [0.2, 0.25) is 0 Å². The Morgan fingerprint density at radius 3 is 2.92 bits per heavy atom. The number of hydrogen-bond acceptors (Lipinski definition) is 2. The smallest absolute Gasteiger partial charge is 0.120 e. The van der Waals surface area contributed by atoms with Gasteiger partial charge >= 0.3 is 0 Å². The van der Waals surface area contributed by atoms with E-state index >= 15 is 0 Å². The third-order valence-corrected chi connectivity index (χ3v) is 1.76. The van der Waals surface area contributed by atoms with Gasteiger partial charge in [0.05, 0.1) is 6.04 Å². The molecule has 66 valence electrons. The van der Waals surface area contributed by atoms with Crippen LogP contribution in [-0.4, -0.2) is 6.54 Å². The minimum Gasteiger partial charge on any atom is -0.465 e. The van der Waals surface area contributed by atoms with Crippen LogP contribution in [0.25, 0.3) is 0 Å². The zero-order chi connectivity index (χ0) is 8.97. The Kier molecular flexibility index (Phi) is 3.11. The van der Waals surface area contributed by atoms with Crippen molar-refractivity contribution in [3.05, 3.63) is 36.3 Å². The van der Waals surface area contributed by atoms with Crippen LogP contribution in [-0.2, 0) is 0 Å². The Hall–Kier alpha value is -1.02. The molecule has 0 saturated heterocycles. The van der Waals surface area contributed by atoms with E-state index in [2.05, 4.69) is 18.8 Å². The second-order valence-electron chi connectivity index (χ2n) is 2.87. The van der Waals surface area contributed by atoms with Gasteiger partial charge in [-0.15, -0.1) is 6.58 Å². The lowest BCUT2D eigenvalue weighted by Crippen LogP contribution is -2.17. The highest BCUT2D eigenvalue weighted by Crippen LogP contribution is 2.14. The molecule has 0 saturated carbocycles. The normalized spacial score (nSPS) is 12.8. The number of hydrogen-bond donors (Lipinski definition) is 1. The van der Waals surface area contributed by atoms with E-state index in [0.29, 0.717) is 0 Å². The van der Waals surface area contributed by atoms with Crippen molar-refractivity contribution in [3.8, 4) is 0 Å². The van der Waals surface area contributed by atoms with Gasteiger partial charge in [0.15, 0.2) is 0 Å². The summed E-state index contributed by atoms with van der Waals surface area (Å²) in [4.78, 5) is 0. The van der Waals surface area contributed by atoms with E-state index in [9.17, 15) is 0 Å². The molecule has 0 radical (unpaired) electrons. The molecular weight excluding hydrogens is 150 g/mol. The Morgan fingerprint density at radius 2 is 2.42 bits per heavy atom. The SMILES string of the molecule is C=CCN[C@H](C)c1ccc(C)o1. The Labute approximate surface area is 73.3 Å². The van der Waals surface area contributed by atoms with Gasteiger partial charge in [-0.05, 0) is 26.0 Å². The largest absolute Gasteiger partial charge is 0.465 e. The first-order valence-electron chi connectivity index (χ1n) is 4.14. The van der Waals surface area contributed by atoms with Gasteiger partial charge in [-0.1, -0.05) is 6.08 Å². The molecule has 0 aliphatic heterocycles. The van der Waals surface area contributed by atoms with Crippen LogP contribution in [0.3, 0.4) is 0 Å². The minimum absolute atomic E-state index is 0.261. The second-order valence-corrected chi connectivity index (χ2v) is 2.87. The maximum absolute atomic E-state index is 5.45. The van der Waals surface area contributed by atoms with Crippen LogP contribution < -0.4 is 5.32 Å². The van der Waals surface area contributed by atoms with Crippen molar-refractivity contribution in [2.45, 2.75) is 19.9 Å². The zero-order valence-electron chi connectivity index (χ0n) is 7.63. The van der Waals surface area contributed by atoms with Crippen LogP contribution in [0.4, 0.5) is 0 Å². The molecule has 0 aromatic carbocycles. The maximum Gasteiger partial charge on any atom is 0.120 e. The third kappa shape index (κ3) is 2.24. The first-order chi connectivity index (χ1) is 5.74. The summed E-state index contributed by atoms with van der Waals surface area (Å²) in [5.41, 5.74) is 0. The Morgan fingerprint density at radius 1 is 1.67 bits per heavy atom. The molecule has 0 bridgehead atoms. The molecule has 2 nitrogen and oxygen atoms in total. The van der Waals surface area contributed by atoms with Crippen molar-refractivity contribution < 1.29 is 4.42 Å². The summed E-state index contributed by atoms with van der Waals surface area (Å²) in [7, 11) is 0. The van der Waals surface area contributed by atoms with Crippen LogP contribution in [0, 0.1) is 6.92 Å². The molecule has 0 amide bonds. The lowest BCUT2D eigenvalue weighted by Gasteiger charge is -2.08. The van der Waals surface area contributed by atoms with E-state index in [-0.39, 0.29) is 6.04 Å². The summed E-state index contributed by atoms with van der Waals surface area (Å²) in [6.07, 6.45) is 1.84. The summed E-state index contributed by atoms with van der Waals surface area (Å²) in [5, 5.41) is 3.25. The van der Waals surface area contributed by atoms with Crippen molar-refractivity contribution >= 4 is 0 Å². The van der Waals surface area contributed by atoms with E-state index in [4.69, 9.17) is 4.42 Å². The molecular formula is C10H15NO. The van der Waals surface area contributed by atoms with Crippen LogP contribution in [0.2, 0.25) is 0 Å². The fraction of sp³-hybridized carbons (Fsp3) is 0.400. The highest BCUT2D eigenvalue weighted by Gasteiger charge is 2.06. The van der Waals surface area contributed by atoms with E-state index in [0.717, 1.165) is 18.1 Å². The quantitative estimate of drug-likeness (QED) is 0.693. The highest BCUT2D eigenvalue weighted by atomic mass is 16.3. The number of aryl methyl sites for hydroxylation is 1. The van der Waals surface area contributed by atoms with Gasteiger partial charge in [-0.25, -0.2) is 0 Å². The minimum atomic E-state index is 0.261. The highest BCUT2D eigenvalue weighted by molar-refractivity contribution is 5.08. The molecule has 1 rings (SSSR count). The molecule has 0 spiro atoms. The monoisotopic (exact) mass is 165 g/mol. The fourth-order valence-corrected chi connectivity index (χ4v) is 1.05. The molecule has 1 heterocycles. The average Bonchev–Trinajstić information content (AvgIpc) is 2.47. The summed E-state index contributed by atoms with van der Waals surface area (Å²) in [5.74, 6) is 1.94. The predicted octanol–water partition coefficient (Wildman–Crippen LogP) is 2.42. The lowest BCUT2D eigenvalue weighted by molar-refractivity contribution is 0.425. The first-order valence-corrected chi connectivity index (χ1v) is 4.14. The van der Waals surface area contributed by atoms with E-state index < -0.39 is 0 Å². The van der Waals surface area contributed by atoms with Crippen molar-refractivity contribution in [3.63, 3.8) is 0 Å². The molecule has 1 N–H and O–H groups in total. The van der Waals surface area contributed by atoms with Gasteiger partial charge in [0.1, 0.15) is 11.5 Å². The van der Waals surface area contributed by atoms with Crippen LogP contribution in [0.5, 0.6) is 0 Å². The first kappa shape index (κ1) is 9.07. The van der Waals surface area contributed by atoms with Gasteiger partial charge in [-0.2, -0.15) is 0 Å². The van der Waals surface area contributed by atoms with E-state index in [1.807, 2.05) is 25.1 Å². The van der Waals surface area contributed by atoms with Crippen LogP contribution in [0.1, 0.15) is 24.5 Å². The predicted molar refractivity (Wildman–Crippen MR) is 50.1 cm³/mol. The molecule has 0 aliphatic carbocycles. The van der Waals surface area contributed by atoms with E-state index in [1.165, 1.54) is 0 Å². The van der Waals surface area contributed by atoms with Crippen molar-refractivity contribution in [1.82, 2.24) is 5.32 Å². The summed E-state index contributed by atoms with van der Waals surface area (Å²) >= 11 is 0. The van der Waals surface area contributed by atoms with Gasteiger partial charge in [-0.3, -0.25) is 0 Å². The molecule has 0 aliphatic rings. The fourth-order valence-electron chi connectivity index (χ4n) is 1.05. The summed E-state index contributed by atoms with van der Waals surface area (Å²) in [6.45, 7) is 8.46. The number of rotatable bonds is 4. The van der Waals surface area contributed by atoms with Crippen molar-refractivity contribution in [2.75, 3.05) is 6.54 Å². The average molecular weight is 165 g/mol. The molecule has 2 heteroatoms. The molecule has 12 heavy (non-hydrogen) atoms. The van der Waals surface area contributed by atoms with Gasteiger partial charge in [0, 0.05) is 6.54 Å².